The zero-order valence-corrected chi connectivity index (χ0v) is 22.7. The third-order valence-corrected chi connectivity index (χ3v) is 6.33. The Morgan fingerprint density at radius 2 is 1.25 bits per heavy atom. The molecule has 7 nitrogen and oxygen atoms in total. The molecule has 0 heterocycles. The Balaban J connectivity index is 1.59. The van der Waals surface area contributed by atoms with Crippen LogP contribution in [0.5, 0.6) is 0 Å². The molecule has 3 aromatic rings. The normalized spacial score (nSPS) is 11.2. The summed E-state index contributed by atoms with van der Waals surface area (Å²) in [5, 5.41) is 10.1. The molecule has 0 fully saturated rings. The topological polar surface area (TPSA) is 99.3 Å². The molecule has 0 bridgehead atoms. The maximum Gasteiger partial charge on any atom is 0.417 e. The van der Waals surface area contributed by atoms with Gasteiger partial charge in [-0.2, -0.15) is 13.2 Å². The van der Waals surface area contributed by atoms with Gasteiger partial charge in [0.2, 0.25) is 11.8 Å². The molecule has 3 aromatic carbocycles. The Kier molecular flexibility index (Phi) is 10.6. The molecule has 0 unspecified atom stereocenters. The first-order valence-corrected chi connectivity index (χ1v) is 13.0. The second-order valence-corrected chi connectivity index (χ2v) is 9.64. The van der Waals surface area contributed by atoms with E-state index in [9.17, 15) is 27.6 Å². The molecule has 212 valence electrons. The number of alkyl halides is 3. The number of carbonyl (C=O) groups is 3. The van der Waals surface area contributed by atoms with Gasteiger partial charge in [0.15, 0.2) is 0 Å². The van der Waals surface area contributed by atoms with Crippen molar-refractivity contribution in [3.8, 4) is 0 Å². The summed E-state index contributed by atoms with van der Waals surface area (Å²) in [6.07, 6.45) is -2.51. The third-order valence-electron chi connectivity index (χ3n) is 6.00. The van der Waals surface area contributed by atoms with Gasteiger partial charge >= 0.3 is 12.2 Å². The first-order valence-electron chi connectivity index (χ1n) is 12.6. The molecular formula is C29H30ClF3N4O3. The van der Waals surface area contributed by atoms with Crippen LogP contribution in [0.1, 0.15) is 55.7 Å². The number of unbranched alkanes of at least 4 members (excludes halogenated alkanes) is 1. The van der Waals surface area contributed by atoms with Crippen molar-refractivity contribution in [3.05, 3.63) is 88.4 Å². The SMILES string of the molecule is CC(=O)Nc1ccc(C(CCCCNC(=O)Nc2ccc(Cl)c(C(F)(F)F)c2)c2ccc(NC(C)=O)cc2)cc1. The highest BCUT2D eigenvalue weighted by molar-refractivity contribution is 6.31. The standard InChI is InChI=1S/C29H30ClF3N4O3/c1-18(38)35-22-10-6-20(7-11-22)25(21-8-12-23(13-9-21)36-19(2)39)5-3-4-16-34-28(40)37-24-14-15-27(30)26(17-24)29(31,32)33/h6-15,17,25H,3-5,16H2,1-2H3,(H,35,38)(H,36,39)(H2,34,37,40). The number of halogens is 4. The molecule has 0 atom stereocenters. The van der Waals surface area contributed by atoms with Crippen LogP contribution in [0.3, 0.4) is 0 Å². The van der Waals surface area contributed by atoms with Crippen LogP contribution in [0.15, 0.2) is 66.7 Å². The highest BCUT2D eigenvalue weighted by Crippen LogP contribution is 2.36. The summed E-state index contributed by atoms with van der Waals surface area (Å²) in [7, 11) is 0. The smallest absolute Gasteiger partial charge is 0.338 e. The van der Waals surface area contributed by atoms with Crippen molar-refractivity contribution in [2.45, 2.75) is 45.2 Å². The summed E-state index contributed by atoms with van der Waals surface area (Å²) in [5.41, 5.74) is 2.42. The maximum absolute atomic E-state index is 13.1. The predicted octanol–water partition coefficient (Wildman–Crippen LogP) is 7.40. The van der Waals surface area contributed by atoms with E-state index in [-0.39, 0.29) is 23.4 Å². The van der Waals surface area contributed by atoms with Gasteiger partial charge in [0.05, 0.1) is 10.6 Å². The Morgan fingerprint density at radius 3 is 1.73 bits per heavy atom. The van der Waals surface area contributed by atoms with E-state index in [2.05, 4.69) is 21.3 Å². The number of urea groups is 1. The van der Waals surface area contributed by atoms with Gasteiger partial charge < -0.3 is 21.3 Å². The lowest BCUT2D eigenvalue weighted by Gasteiger charge is -2.19. The lowest BCUT2D eigenvalue weighted by Crippen LogP contribution is -2.29. The van der Waals surface area contributed by atoms with Gasteiger partial charge in [0.25, 0.3) is 0 Å². The zero-order valence-electron chi connectivity index (χ0n) is 22.0. The van der Waals surface area contributed by atoms with E-state index in [1.54, 1.807) is 0 Å². The molecule has 0 saturated heterocycles. The molecule has 0 saturated carbocycles. The van der Waals surface area contributed by atoms with Crippen LogP contribution in [0.25, 0.3) is 0 Å². The van der Waals surface area contributed by atoms with Crippen LogP contribution in [0.2, 0.25) is 5.02 Å². The minimum Gasteiger partial charge on any atom is -0.338 e. The lowest BCUT2D eigenvalue weighted by atomic mass is 9.87. The molecule has 11 heteroatoms. The van der Waals surface area contributed by atoms with Crippen LogP contribution >= 0.6 is 11.6 Å². The van der Waals surface area contributed by atoms with Crippen molar-refractivity contribution in [1.82, 2.24) is 5.32 Å². The van der Waals surface area contributed by atoms with Gasteiger partial charge in [-0.05, 0) is 66.4 Å². The minimum absolute atomic E-state index is 0.0142. The predicted molar refractivity (Wildman–Crippen MR) is 151 cm³/mol. The van der Waals surface area contributed by atoms with Crippen LogP contribution in [0.4, 0.5) is 35.0 Å². The number of benzene rings is 3. The Labute approximate surface area is 235 Å². The van der Waals surface area contributed by atoms with Gasteiger partial charge in [0.1, 0.15) is 0 Å². The number of rotatable bonds is 10. The van der Waals surface area contributed by atoms with E-state index >= 15 is 0 Å². The molecule has 0 aromatic heterocycles. The summed E-state index contributed by atoms with van der Waals surface area (Å²) >= 11 is 5.62. The van der Waals surface area contributed by atoms with Crippen molar-refractivity contribution in [1.29, 1.82) is 0 Å². The number of hydrogen-bond acceptors (Lipinski definition) is 3. The highest BCUT2D eigenvalue weighted by atomic mass is 35.5. The van der Waals surface area contributed by atoms with Crippen molar-refractivity contribution in [2.75, 3.05) is 22.5 Å². The number of hydrogen-bond donors (Lipinski definition) is 4. The van der Waals surface area contributed by atoms with Crippen molar-refractivity contribution < 1.29 is 27.6 Å². The summed E-state index contributed by atoms with van der Waals surface area (Å²) in [6.45, 7) is 3.20. The molecule has 0 aliphatic carbocycles. The average molecular weight is 575 g/mol. The molecular weight excluding hydrogens is 545 g/mol. The second kappa shape index (κ2) is 13.8. The third kappa shape index (κ3) is 9.30. The number of carbonyl (C=O) groups excluding carboxylic acids is 3. The van der Waals surface area contributed by atoms with Gasteiger partial charge in [-0.15, -0.1) is 0 Å². The average Bonchev–Trinajstić information content (AvgIpc) is 2.87. The van der Waals surface area contributed by atoms with Crippen LogP contribution in [0, 0.1) is 0 Å². The van der Waals surface area contributed by atoms with Gasteiger partial charge in [-0.1, -0.05) is 42.3 Å². The van der Waals surface area contributed by atoms with Crippen LogP contribution in [-0.2, 0) is 15.8 Å². The largest absolute Gasteiger partial charge is 0.417 e. The van der Waals surface area contributed by atoms with Gasteiger partial charge in [0, 0.05) is 43.4 Å². The molecule has 4 N–H and O–H groups in total. The minimum atomic E-state index is -4.63. The van der Waals surface area contributed by atoms with Crippen molar-refractivity contribution in [2.24, 2.45) is 0 Å². The summed E-state index contributed by atoms with van der Waals surface area (Å²) in [4.78, 5) is 34.9. The number of amides is 4. The van der Waals surface area contributed by atoms with Gasteiger partial charge in [-0.25, -0.2) is 4.79 Å². The molecule has 0 radical (unpaired) electrons. The fraction of sp³-hybridized carbons (Fsp3) is 0.276. The number of nitrogens with one attached hydrogen (secondary N) is 4. The molecule has 40 heavy (non-hydrogen) atoms. The summed E-state index contributed by atoms with van der Waals surface area (Å²) < 4.78 is 39.2. The first-order chi connectivity index (χ1) is 18.9. The molecule has 0 aliphatic heterocycles. The van der Waals surface area contributed by atoms with Crippen LogP contribution in [-0.4, -0.2) is 24.4 Å². The lowest BCUT2D eigenvalue weighted by molar-refractivity contribution is -0.137. The molecule has 3 rings (SSSR count). The maximum atomic E-state index is 13.1. The van der Waals surface area contributed by atoms with E-state index in [1.807, 2.05) is 48.5 Å². The molecule has 0 spiro atoms. The van der Waals surface area contributed by atoms with Crippen molar-refractivity contribution in [3.63, 3.8) is 0 Å². The van der Waals surface area contributed by atoms with Gasteiger partial charge in [-0.3, -0.25) is 9.59 Å². The highest BCUT2D eigenvalue weighted by Gasteiger charge is 2.33. The zero-order chi connectivity index (χ0) is 29.3. The Hall–Kier alpha value is -4.05. The van der Waals surface area contributed by atoms with E-state index in [0.29, 0.717) is 24.3 Å². The Bertz CT molecular complexity index is 1270. The monoisotopic (exact) mass is 574 g/mol. The summed E-state index contributed by atoms with van der Waals surface area (Å²) in [5.74, 6) is -0.307. The fourth-order valence-electron chi connectivity index (χ4n) is 4.20. The van der Waals surface area contributed by atoms with E-state index in [4.69, 9.17) is 11.6 Å². The van der Waals surface area contributed by atoms with E-state index in [0.717, 1.165) is 36.1 Å². The molecule has 0 aliphatic rings. The second-order valence-electron chi connectivity index (χ2n) is 9.23. The van der Waals surface area contributed by atoms with Crippen LogP contribution < -0.4 is 21.3 Å². The summed E-state index contributed by atoms with van der Waals surface area (Å²) in [6, 6.07) is 17.7. The van der Waals surface area contributed by atoms with Crippen molar-refractivity contribution >= 4 is 46.5 Å². The quantitative estimate of drug-likeness (QED) is 0.190. The molecule has 4 amide bonds. The first kappa shape index (κ1) is 30.5. The number of anilines is 3. The van der Waals surface area contributed by atoms with E-state index in [1.165, 1.54) is 19.9 Å². The van der Waals surface area contributed by atoms with E-state index < -0.39 is 22.8 Å². The Morgan fingerprint density at radius 1 is 0.750 bits per heavy atom. The fourth-order valence-corrected chi connectivity index (χ4v) is 4.43.